The summed E-state index contributed by atoms with van der Waals surface area (Å²) in [4.78, 5) is 39.6. The zero-order valence-corrected chi connectivity index (χ0v) is 13.0. The highest BCUT2D eigenvalue weighted by Crippen LogP contribution is 2.32. The molecular weight excluding hydrogens is 258 g/mol. The molecule has 0 aromatic carbocycles. The number of imide groups is 2. The molecule has 1 aliphatic rings. The maximum Gasteiger partial charge on any atom is 0.330 e. The first-order valence-electron chi connectivity index (χ1n) is 7.17. The van der Waals surface area contributed by atoms with Crippen LogP contribution in [-0.4, -0.2) is 53.8 Å². The molecule has 6 nitrogen and oxygen atoms in total. The fourth-order valence-corrected chi connectivity index (χ4v) is 2.32. The Balaban J connectivity index is 2.88. The van der Waals surface area contributed by atoms with Gasteiger partial charge in [-0.3, -0.25) is 19.8 Å². The van der Waals surface area contributed by atoms with E-state index < -0.39 is 17.4 Å². The number of nitrogens with zero attached hydrogens (tertiary/aromatic N) is 2. The van der Waals surface area contributed by atoms with Crippen molar-refractivity contribution in [1.29, 1.82) is 0 Å². The van der Waals surface area contributed by atoms with Crippen LogP contribution in [0.4, 0.5) is 4.79 Å². The van der Waals surface area contributed by atoms with Crippen LogP contribution in [0.25, 0.3) is 0 Å². The van der Waals surface area contributed by atoms with Gasteiger partial charge in [0.2, 0.25) is 11.8 Å². The van der Waals surface area contributed by atoms with E-state index in [-0.39, 0.29) is 5.91 Å². The standard InChI is InChI=1S/C14H25N3O3/c1-6-14(7-2)11(18)15-13(20)17(12(14)19)9-8-16(5)10(3)4/h10H,6-9H2,1-5H3,(H,15,18,20). The maximum absolute atomic E-state index is 12.5. The Bertz CT molecular complexity index is 402. The number of nitrogens with one attached hydrogen (secondary N) is 1. The monoisotopic (exact) mass is 283 g/mol. The number of barbiturate groups is 1. The van der Waals surface area contributed by atoms with Crippen LogP contribution in [0.2, 0.25) is 0 Å². The lowest BCUT2D eigenvalue weighted by molar-refractivity contribution is -0.152. The molecule has 0 radical (unpaired) electrons. The Labute approximate surface area is 120 Å². The zero-order valence-electron chi connectivity index (χ0n) is 13.0. The van der Waals surface area contributed by atoms with Gasteiger partial charge in [0.15, 0.2) is 0 Å². The van der Waals surface area contributed by atoms with Gasteiger partial charge in [0.25, 0.3) is 0 Å². The van der Waals surface area contributed by atoms with Crippen molar-refractivity contribution in [2.24, 2.45) is 5.41 Å². The van der Waals surface area contributed by atoms with Crippen molar-refractivity contribution in [2.75, 3.05) is 20.1 Å². The van der Waals surface area contributed by atoms with Gasteiger partial charge >= 0.3 is 6.03 Å². The van der Waals surface area contributed by atoms with Gasteiger partial charge in [0, 0.05) is 19.1 Å². The molecule has 0 spiro atoms. The van der Waals surface area contributed by atoms with Crippen LogP contribution in [0.15, 0.2) is 0 Å². The summed E-state index contributed by atoms with van der Waals surface area (Å²) >= 11 is 0. The lowest BCUT2D eigenvalue weighted by Crippen LogP contribution is -2.64. The summed E-state index contributed by atoms with van der Waals surface area (Å²) in [6, 6.07) is -0.267. The van der Waals surface area contributed by atoms with Crippen LogP contribution in [0.3, 0.4) is 0 Å². The van der Waals surface area contributed by atoms with E-state index in [1.54, 1.807) is 13.8 Å². The van der Waals surface area contributed by atoms with Gasteiger partial charge < -0.3 is 4.90 Å². The fourth-order valence-electron chi connectivity index (χ4n) is 2.32. The molecule has 1 heterocycles. The molecule has 1 aliphatic heterocycles. The molecule has 0 bridgehead atoms. The average molecular weight is 283 g/mol. The maximum atomic E-state index is 12.5. The predicted octanol–water partition coefficient (Wildman–Crippen LogP) is 1.21. The summed E-state index contributed by atoms with van der Waals surface area (Å²) in [6.45, 7) is 8.58. The number of amides is 4. The van der Waals surface area contributed by atoms with E-state index in [1.165, 1.54) is 4.90 Å². The number of likely N-dealkylation sites (N-methyl/N-ethyl adjacent to an activating group) is 1. The minimum absolute atomic E-state index is 0.300. The summed E-state index contributed by atoms with van der Waals surface area (Å²) in [7, 11) is 1.94. The summed E-state index contributed by atoms with van der Waals surface area (Å²) in [5.74, 6) is -0.834. The van der Waals surface area contributed by atoms with Gasteiger partial charge in [-0.05, 0) is 33.7 Å². The van der Waals surface area contributed by atoms with Crippen molar-refractivity contribution in [3.05, 3.63) is 0 Å². The molecular formula is C14H25N3O3. The summed E-state index contributed by atoms with van der Waals surface area (Å²) in [6.07, 6.45) is 0.802. The first-order chi connectivity index (χ1) is 9.30. The highest BCUT2D eigenvalue weighted by atomic mass is 16.2. The molecule has 1 N–H and O–H groups in total. The van der Waals surface area contributed by atoms with Gasteiger partial charge in [-0.2, -0.15) is 0 Å². The average Bonchev–Trinajstić information content (AvgIpc) is 2.39. The Morgan fingerprint density at radius 1 is 1.20 bits per heavy atom. The SMILES string of the molecule is CCC1(CC)C(=O)NC(=O)N(CCN(C)C(C)C)C1=O. The molecule has 114 valence electrons. The van der Waals surface area contributed by atoms with Crippen LogP contribution < -0.4 is 5.32 Å². The number of rotatable bonds is 6. The van der Waals surface area contributed by atoms with Crippen LogP contribution in [-0.2, 0) is 9.59 Å². The number of carbonyl (C=O) groups excluding carboxylic acids is 3. The molecule has 0 aromatic rings. The van der Waals surface area contributed by atoms with Crippen LogP contribution >= 0.6 is 0 Å². The summed E-state index contributed by atoms with van der Waals surface area (Å²) in [5.41, 5.74) is -1.09. The second-order valence-corrected chi connectivity index (χ2v) is 5.58. The molecule has 1 saturated heterocycles. The van der Waals surface area contributed by atoms with Gasteiger partial charge in [-0.15, -0.1) is 0 Å². The quantitative estimate of drug-likeness (QED) is 0.744. The predicted molar refractivity (Wildman–Crippen MR) is 76.0 cm³/mol. The van der Waals surface area contributed by atoms with Crippen LogP contribution in [0, 0.1) is 5.41 Å². The molecule has 20 heavy (non-hydrogen) atoms. The Morgan fingerprint density at radius 2 is 1.75 bits per heavy atom. The van der Waals surface area contributed by atoms with E-state index in [0.717, 1.165) is 0 Å². The lowest BCUT2D eigenvalue weighted by Gasteiger charge is -2.38. The minimum atomic E-state index is -1.09. The number of hydrogen-bond donors (Lipinski definition) is 1. The number of urea groups is 1. The normalized spacial score (nSPS) is 18.9. The third kappa shape index (κ3) is 2.85. The number of carbonyl (C=O) groups is 3. The fraction of sp³-hybridized carbons (Fsp3) is 0.786. The third-order valence-corrected chi connectivity index (χ3v) is 4.32. The van der Waals surface area contributed by atoms with Gasteiger partial charge in [-0.25, -0.2) is 4.79 Å². The summed E-state index contributed by atoms with van der Waals surface area (Å²) in [5, 5.41) is 2.31. The Morgan fingerprint density at radius 3 is 2.20 bits per heavy atom. The molecule has 0 saturated carbocycles. The molecule has 0 aliphatic carbocycles. The first-order valence-corrected chi connectivity index (χ1v) is 7.17. The van der Waals surface area contributed by atoms with Crippen molar-refractivity contribution < 1.29 is 14.4 Å². The van der Waals surface area contributed by atoms with E-state index in [2.05, 4.69) is 10.2 Å². The van der Waals surface area contributed by atoms with Crippen molar-refractivity contribution in [3.8, 4) is 0 Å². The van der Waals surface area contributed by atoms with Crippen molar-refractivity contribution in [3.63, 3.8) is 0 Å². The molecule has 0 aromatic heterocycles. The van der Waals surface area contributed by atoms with Crippen molar-refractivity contribution in [1.82, 2.24) is 15.1 Å². The van der Waals surface area contributed by atoms with Crippen LogP contribution in [0.5, 0.6) is 0 Å². The Kier molecular flexibility index (Phi) is 5.28. The minimum Gasteiger partial charge on any atom is -0.302 e. The topological polar surface area (TPSA) is 69.7 Å². The van der Waals surface area contributed by atoms with E-state index in [4.69, 9.17) is 0 Å². The highest BCUT2D eigenvalue weighted by molar-refractivity contribution is 6.19. The number of hydrogen-bond acceptors (Lipinski definition) is 4. The van der Waals surface area contributed by atoms with Gasteiger partial charge in [0.1, 0.15) is 5.41 Å². The van der Waals surface area contributed by atoms with Crippen molar-refractivity contribution in [2.45, 2.75) is 46.6 Å². The summed E-state index contributed by atoms with van der Waals surface area (Å²) < 4.78 is 0. The second kappa shape index (κ2) is 6.35. The van der Waals surface area contributed by atoms with Gasteiger partial charge in [-0.1, -0.05) is 13.8 Å². The molecule has 6 heteroatoms. The van der Waals surface area contributed by atoms with Crippen molar-refractivity contribution >= 4 is 17.8 Å². The third-order valence-electron chi connectivity index (χ3n) is 4.32. The molecule has 1 fully saturated rings. The van der Waals surface area contributed by atoms with Crippen LogP contribution in [0.1, 0.15) is 40.5 Å². The second-order valence-electron chi connectivity index (χ2n) is 5.58. The highest BCUT2D eigenvalue weighted by Gasteiger charge is 2.51. The van der Waals surface area contributed by atoms with E-state index in [1.807, 2.05) is 20.9 Å². The van der Waals surface area contributed by atoms with E-state index in [9.17, 15) is 14.4 Å². The largest absolute Gasteiger partial charge is 0.330 e. The first kappa shape index (κ1) is 16.6. The van der Waals surface area contributed by atoms with Gasteiger partial charge in [0.05, 0.1) is 0 Å². The molecule has 0 atom stereocenters. The molecule has 4 amide bonds. The zero-order chi connectivity index (χ0) is 15.5. The molecule has 0 unspecified atom stereocenters. The van der Waals surface area contributed by atoms with E-state index in [0.29, 0.717) is 32.0 Å². The smallest absolute Gasteiger partial charge is 0.302 e. The Hall–Kier alpha value is -1.43. The molecule has 1 rings (SSSR count). The lowest BCUT2D eigenvalue weighted by atomic mass is 9.78. The van der Waals surface area contributed by atoms with E-state index >= 15 is 0 Å².